The number of hydrogen-bond acceptors (Lipinski definition) is 6. The quantitative estimate of drug-likeness (QED) is 0.747. The molecule has 6 nitrogen and oxygen atoms in total. The molecular formula is C20H20N4O2. The van der Waals surface area contributed by atoms with Gasteiger partial charge in [-0.2, -0.15) is 0 Å². The van der Waals surface area contributed by atoms with E-state index in [1.165, 1.54) is 0 Å². The van der Waals surface area contributed by atoms with Crippen LogP contribution in [0.5, 0.6) is 11.5 Å². The number of nitrogens with one attached hydrogen (secondary N) is 1. The van der Waals surface area contributed by atoms with Crippen molar-refractivity contribution in [3.63, 3.8) is 0 Å². The molecule has 1 aliphatic rings. The Morgan fingerprint density at radius 1 is 0.962 bits per heavy atom. The first kappa shape index (κ1) is 16.2. The summed E-state index contributed by atoms with van der Waals surface area (Å²) in [6, 6.07) is 17.9. The van der Waals surface area contributed by atoms with Crippen LogP contribution in [-0.4, -0.2) is 29.7 Å². The first-order valence-electron chi connectivity index (χ1n) is 8.65. The highest BCUT2D eigenvalue weighted by atomic mass is 16.6. The van der Waals surface area contributed by atoms with Crippen molar-refractivity contribution in [1.29, 1.82) is 0 Å². The topological polar surface area (TPSA) is 59.5 Å². The first-order valence-corrected chi connectivity index (χ1v) is 8.65. The second kappa shape index (κ2) is 7.31. The van der Waals surface area contributed by atoms with Gasteiger partial charge in [0, 0.05) is 30.1 Å². The molecule has 1 aliphatic heterocycles. The fraction of sp³-hybridized carbons (Fsp3) is 0.200. The average molecular weight is 348 g/mol. The van der Waals surface area contributed by atoms with E-state index in [4.69, 9.17) is 9.47 Å². The van der Waals surface area contributed by atoms with Crippen LogP contribution >= 0.6 is 0 Å². The molecule has 0 radical (unpaired) electrons. The first-order chi connectivity index (χ1) is 12.8. The Morgan fingerprint density at radius 3 is 2.58 bits per heavy atom. The molecule has 1 N–H and O–H groups in total. The standard InChI is InChI=1S/C20H20N4O2/c1-2-24(16-6-4-3-5-7-16)20-13-19(21-14-22-20)23-15-8-9-17-18(12-15)26-11-10-25-17/h3-9,12-14H,2,10-11H2,1H3,(H,21,22,23). The number of fused-ring (bicyclic) bond motifs is 1. The van der Waals surface area contributed by atoms with Crippen LogP contribution in [0.15, 0.2) is 60.9 Å². The van der Waals surface area contributed by atoms with Crippen LogP contribution in [0.25, 0.3) is 0 Å². The number of hydrogen-bond donors (Lipinski definition) is 1. The zero-order valence-corrected chi connectivity index (χ0v) is 14.6. The molecule has 0 saturated heterocycles. The van der Waals surface area contributed by atoms with Crippen LogP contribution in [0.2, 0.25) is 0 Å². The van der Waals surface area contributed by atoms with Crippen molar-refractivity contribution in [2.45, 2.75) is 6.92 Å². The number of para-hydroxylation sites is 1. The van der Waals surface area contributed by atoms with Crippen LogP contribution < -0.4 is 19.7 Å². The molecular weight excluding hydrogens is 328 g/mol. The van der Waals surface area contributed by atoms with E-state index in [0.717, 1.165) is 41.1 Å². The van der Waals surface area contributed by atoms with Crippen LogP contribution in [0, 0.1) is 0 Å². The average Bonchev–Trinajstić information content (AvgIpc) is 2.70. The molecule has 0 fully saturated rings. The maximum atomic E-state index is 5.63. The fourth-order valence-corrected chi connectivity index (χ4v) is 2.92. The maximum absolute atomic E-state index is 5.63. The van der Waals surface area contributed by atoms with E-state index in [2.05, 4.69) is 39.2 Å². The third-order valence-electron chi connectivity index (χ3n) is 4.13. The van der Waals surface area contributed by atoms with Gasteiger partial charge in [0.15, 0.2) is 11.5 Å². The molecule has 0 spiro atoms. The van der Waals surface area contributed by atoms with Gasteiger partial charge in [-0.15, -0.1) is 0 Å². The molecule has 0 atom stereocenters. The van der Waals surface area contributed by atoms with Gasteiger partial charge in [-0.1, -0.05) is 18.2 Å². The van der Waals surface area contributed by atoms with E-state index in [0.29, 0.717) is 13.2 Å². The minimum atomic E-state index is 0.566. The van der Waals surface area contributed by atoms with Crippen molar-refractivity contribution < 1.29 is 9.47 Å². The van der Waals surface area contributed by atoms with Crippen LogP contribution in [0.3, 0.4) is 0 Å². The Morgan fingerprint density at radius 2 is 1.77 bits per heavy atom. The number of anilines is 4. The van der Waals surface area contributed by atoms with E-state index < -0.39 is 0 Å². The molecule has 0 unspecified atom stereocenters. The highest BCUT2D eigenvalue weighted by molar-refractivity contribution is 5.66. The summed E-state index contributed by atoms with van der Waals surface area (Å²) in [6.45, 7) is 4.06. The van der Waals surface area contributed by atoms with Gasteiger partial charge >= 0.3 is 0 Å². The molecule has 0 aliphatic carbocycles. The molecule has 132 valence electrons. The summed E-state index contributed by atoms with van der Waals surface area (Å²) in [5, 5.41) is 3.31. The lowest BCUT2D eigenvalue weighted by atomic mass is 10.2. The molecule has 0 amide bonds. The Bertz CT molecular complexity index is 886. The van der Waals surface area contributed by atoms with E-state index in [1.807, 2.05) is 42.5 Å². The van der Waals surface area contributed by atoms with Crippen molar-refractivity contribution >= 4 is 23.0 Å². The zero-order valence-electron chi connectivity index (χ0n) is 14.6. The largest absolute Gasteiger partial charge is 0.486 e. The van der Waals surface area contributed by atoms with Crippen molar-refractivity contribution in [3.05, 3.63) is 60.9 Å². The second-order valence-electron chi connectivity index (χ2n) is 5.82. The Labute approximate surface area is 152 Å². The Kier molecular flexibility index (Phi) is 4.55. The lowest BCUT2D eigenvalue weighted by molar-refractivity contribution is 0.171. The third-order valence-corrected chi connectivity index (χ3v) is 4.13. The highest BCUT2D eigenvalue weighted by Crippen LogP contribution is 2.33. The molecule has 3 aromatic rings. The van der Waals surface area contributed by atoms with Gasteiger partial charge in [0.05, 0.1) is 0 Å². The normalized spacial score (nSPS) is 12.5. The van der Waals surface area contributed by atoms with Gasteiger partial charge < -0.3 is 19.7 Å². The van der Waals surface area contributed by atoms with Crippen LogP contribution in [-0.2, 0) is 0 Å². The third kappa shape index (κ3) is 3.39. The predicted molar refractivity (Wildman–Crippen MR) is 102 cm³/mol. The lowest BCUT2D eigenvalue weighted by Crippen LogP contribution is -2.17. The molecule has 1 aromatic heterocycles. The van der Waals surface area contributed by atoms with E-state index in [1.54, 1.807) is 6.33 Å². The Balaban J connectivity index is 1.58. The molecule has 4 rings (SSSR count). The summed E-state index contributed by atoms with van der Waals surface area (Å²) < 4.78 is 11.2. The minimum Gasteiger partial charge on any atom is -0.486 e. The SMILES string of the molecule is CCN(c1ccccc1)c1cc(Nc2ccc3c(c2)OCCO3)ncn1. The molecule has 2 aromatic carbocycles. The van der Waals surface area contributed by atoms with Crippen molar-refractivity contribution in [3.8, 4) is 11.5 Å². The monoisotopic (exact) mass is 348 g/mol. The van der Waals surface area contributed by atoms with E-state index in [9.17, 15) is 0 Å². The number of benzene rings is 2. The molecule has 0 bridgehead atoms. The number of aromatic nitrogens is 2. The van der Waals surface area contributed by atoms with Gasteiger partial charge in [-0.25, -0.2) is 9.97 Å². The number of nitrogens with zero attached hydrogens (tertiary/aromatic N) is 3. The second-order valence-corrected chi connectivity index (χ2v) is 5.82. The molecule has 26 heavy (non-hydrogen) atoms. The van der Waals surface area contributed by atoms with Gasteiger partial charge in [0.2, 0.25) is 0 Å². The summed E-state index contributed by atoms with van der Waals surface area (Å²) in [6.07, 6.45) is 1.57. The van der Waals surface area contributed by atoms with Crippen LogP contribution in [0.1, 0.15) is 6.92 Å². The van der Waals surface area contributed by atoms with E-state index >= 15 is 0 Å². The van der Waals surface area contributed by atoms with Crippen molar-refractivity contribution in [1.82, 2.24) is 9.97 Å². The van der Waals surface area contributed by atoms with Crippen molar-refractivity contribution in [2.24, 2.45) is 0 Å². The maximum Gasteiger partial charge on any atom is 0.163 e. The number of rotatable bonds is 5. The van der Waals surface area contributed by atoms with E-state index in [-0.39, 0.29) is 0 Å². The zero-order chi connectivity index (χ0) is 17.8. The Hall–Kier alpha value is -3.28. The summed E-state index contributed by atoms with van der Waals surface area (Å²) in [5.74, 6) is 3.08. The van der Waals surface area contributed by atoms with Gasteiger partial charge in [-0.3, -0.25) is 0 Å². The lowest BCUT2D eigenvalue weighted by Gasteiger charge is -2.22. The minimum absolute atomic E-state index is 0.566. The summed E-state index contributed by atoms with van der Waals surface area (Å²) in [7, 11) is 0. The van der Waals surface area contributed by atoms with Gasteiger partial charge in [-0.05, 0) is 31.2 Å². The predicted octanol–water partition coefficient (Wildman–Crippen LogP) is 4.15. The smallest absolute Gasteiger partial charge is 0.163 e. The van der Waals surface area contributed by atoms with Gasteiger partial charge in [0.1, 0.15) is 31.2 Å². The summed E-state index contributed by atoms with van der Waals surface area (Å²) >= 11 is 0. The van der Waals surface area contributed by atoms with Crippen molar-refractivity contribution in [2.75, 3.05) is 30.0 Å². The summed E-state index contributed by atoms with van der Waals surface area (Å²) in [4.78, 5) is 10.9. The molecule has 2 heterocycles. The number of ether oxygens (including phenoxy) is 2. The van der Waals surface area contributed by atoms with Crippen LogP contribution in [0.4, 0.5) is 23.0 Å². The van der Waals surface area contributed by atoms with Gasteiger partial charge in [0.25, 0.3) is 0 Å². The summed E-state index contributed by atoms with van der Waals surface area (Å²) in [5.41, 5.74) is 1.99. The highest BCUT2D eigenvalue weighted by Gasteiger charge is 2.13. The molecule has 0 saturated carbocycles. The fourth-order valence-electron chi connectivity index (χ4n) is 2.92. The molecule has 6 heteroatoms.